The fourth-order valence-corrected chi connectivity index (χ4v) is 4.92. The lowest BCUT2D eigenvalue weighted by Crippen LogP contribution is -2.40. The summed E-state index contributed by atoms with van der Waals surface area (Å²) in [7, 11) is 1.68. The van der Waals surface area contributed by atoms with Gasteiger partial charge in [-0.05, 0) is 57.2 Å². The van der Waals surface area contributed by atoms with Crippen molar-refractivity contribution in [3.63, 3.8) is 0 Å². The molecule has 0 unspecified atom stereocenters. The number of anilines is 1. The maximum absolute atomic E-state index is 9.50. The summed E-state index contributed by atoms with van der Waals surface area (Å²) in [5.41, 5.74) is 3.75. The van der Waals surface area contributed by atoms with Crippen molar-refractivity contribution < 1.29 is 4.74 Å². The van der Waals surface area contributed by atoms with Crippen molar-refractivity contribution in [3.05, 3.63) is 33.7 Å². The average molecular weight is 510 g/mol. The molecule has 1 aromatic carbocycles. The molecule has 0 N–H and O–H groups in total. The maximum Gasteiger partial charge on any atom is 0.158 e. The third-order valence-electron chi connectivity index (χ3n) is 6.59. The highest BCUT2D eigenvalue weighted by Gasteiger charge is 2.18. The molecule has 0 saturated carbocycles. The quantitative estimate of drug-likeness (QED) is 0.289. The third-order valence-corrected chi connectivity index (χ3v) is 7.67. The van der Waals surface area contributed by atoms with Crippen LogP contribution in [0.4, 0.5) is 16.4 Å². The summed E-state index contributed by atoms with van der Waals surface area (Å²) in [6, 6.07) is 8.30. The van der Waals surface area contributed by atoms with Crippen molar-refractivity contribution in [1.29, 1.82) is 10.5 Å². The molecule has 0 spiro atoms. The number of benzene rings is 1. The summed E-state index contributed by atoms with van der Waals surface area (Å²) < 4.78 is 5.82. The summed E-state index contributed by atoms with van der Waals surface area (Å²) in [5, 5.41) is 28.0. The van der Waals surface area contributed by atoms with Crippen LogP contribution in [0, 0.1) is 36.5 Å². The monoisotopic (exact) mass is 509 g/mol. The van der Waals surface area contributed by atoms with E-state index in [-0.39, 0.29) is 0 Å². The molecule has 9 heteroatoms. The smallest absolute Gasteiger partial charge is 0.158 e. The van der Waals surface area contributed by atoms with Gasteiger partial charge in [0.05, 0.1) is 24.0 Å². The number of azo groups is 1. The van der Waals surface area contributed by atoms with Crippen molar-refractivity contribution in [1.82, 2.24) is 9.80 Å². The third kappa shape index (κ3) is 7.27. The lowest BCUT2D eigenvalue weighted by molar-refractivity contribution is 0.293. The minimum absolute atomic E-state index is 0.403. The van der Waals surface area contributed by atoms with Gasteiger partial charge in [0.25, 0.3) is 0 Å². The SMILES string of the molecule is CCN(CC)CCN(CCN(CC)CC)c1cc(C)c(/N=N/c2sc(C#N)c(C)c2C#N)cc1OC. The fourth-order valence-electron chi connectivity index (χ4n) is 4.04. The zero-order valence-corrected chi connectivity index (χ0v) is 23.6. The van der Waals surface area contributed by atoms with Gasteiger partial charge in [0, 0.05) is 32.2 Å². The number of hydrogen-bond donors (Lipinski definition) is 0. The first-order valence-corrected chi connectivity index (χ1v) is 13.4. The summed E-state index contributed by atoms with van der Waals surface area (Å²) in [5.74, 6) is 0.745. The Morgan fingerprint density at radius 3 is 1.92 bits per heavy atom. The molecule has 0 aliphatic carbocycles. The Bertz CT molecular complexity index is 1090. The Labute approximate surface area is 220 Å². The molecule has 0 fully saturated rings. The highest BCUT2D eigenvalue weighted by molar-refractivity contribution is 7.16. The Balaban J connectivity index is 2.41. The van der Waals surface area contributed by atoms with Crippen molar-refractivity contribution in [2.45, 2.75) is 41.5 Å². The van der Waals surface area contributed by atoms with Crippen LogP contribution in [0.1, 0.15) is 49.3 Å². The average Bonchev–Trinajstić information content (AvgIpc) is 3.21. The first kappa shape index (κ1) is 29.3. The standard InChI is InChI=1S/C27H39N7OS/c1-8-32(9-2)12-14-34(15-13-33(10-3)11-4)24-16-20(5)23(17-25(24)35-7)30-31-27-22(18-28)21(6)26(19-29)36-27/h16-17H,8-15H2,1-7H3/b31-30+. The van der Waals surface area contributed by atoms with E-state index < -0.39 is 0 Å². The summed E-state index contributed by atoms with van der Waals surface area (Å²) in [6.07, 6.45) is 0. The highest BCUT2D eigenvalue weighted by atomic mass is 32.1. The van der Waals surface area contributed by atoms with Crippen molar-refractivity contribution in [2.24, 2.45) is 10.2 Å². The Kier molecular flexibility index (Phi) is 11.8. The maximum atomic E-state index is 9.50. The second kappa shape index (κ2) is 14.5. The number of likely N-dealkylation sites (N-methyl/N-ethyl adjacent to an activating group) is 2. The molecule has 0 aliphatic heterocycles. The molecule has 194 valence electrons. The number of aryl methyl sites for hydroxylation is 1. The van der Waals surface area contributed by atoms with Crippen LogP contribution in [0.5, 0.6) is 5.75 Å². The van der Waals surface area contributed by atoms with Crippen LogP contribution in [0.25, 0.3) is 0 Å². The molecule has 2 aromatic rings. The predicted molar refractivity (Wildman–Crippen MR) is 148 cm³/mol. The molecular weight excluding hydrogens is 470 g/mol. The Morgan fingerprint density at radius 2 is 1.44 bits per heavy atom. The first-order valence-electron chi connectivity index (χ1n) is 12.6. The molecule has 0 radical (unpaired) electrons. The van der Waals surface area contributed by atoms with Crippen LogP contribution in [0.2, 0.25) is 0 Å². The number of nitrogens with zero attached hydrogens (tertiary/aromatic N) is 7. The van der Waals surface area contributed by atoms with Crippen molar-refractivity contribution in [3.8, 4) is 17.9 Å². The largest absolute Gasteiger partial charge is 0.495 e. The van der Waals surface area contributed by atoms with E-state index in [2.05, 4.69) is 70.8 Å². The molecule has 1 aromatic heterocycles. The number of ether oxygens (including phenoxy) is 1. The predicted octanol–water partition coefficient (Wildman–Crippen LogP) is 6.02. The van der Waals surface area contributed by atoms with Gasteiger partial charge in [0.15, 0.2) is 5.00 Å². The second-order valence-corrected chi connectivity index (χ2v) is 9.51. The molecule has 0 bridgehead atoms. The van der Waals surface area contributed by atoms with Gasteiger partial charge in [0.1, 0.15) is 22.8 Å². The van der Waals surface area contributed by atoms with Gasteiger partial charge in [-0.3, -0.25) is 0 Å². The summed E-state index contributed by atoms with van der Waals surface area (Å²) in [4.78, 5) is 7.75. The number of nitriles is 2. The van der Waals surface area contributed by atoms with E-state index >= 15 is 0 Å². The van der Waals surface area contributed by atoms with Crippen LogP contribution in [-0.4, -0.2) is 69.3 Å². The molecule has 0 aliphatic rings. The van der Waals surface area contributed by atoms with Crippen LogP contribution in [0.3, 0.4) is 0 Å². The van der Waals surface area contributed by atoms with Crippen LogP contribution < -0.4 is 9.64 Å². The number of thiophene rings is 1. The molecule has 0 amide bonds. The number of methoxy groups -OCH3 is 1. The minimum Gasteiger partial charge on any atom is -0.495 e. The molecule has 2 rings (SSSR count). The Morgan fingerprint density at radius 1 is 0.861 bits per heavy atom. The van der Waals surface area contributed by atoms with Crippen LogP contribution >= 0.6 is 11.3 Å². The van der Waals surface area contributed by atoms with E-state index in [1.807, 2.05) is 13.0 Å². The van der Waals surface area contributed by atoms with E-state index in [1.54, 1.807) is 14.0 Å². The van der Waals surface area contributed by atoms with Gasteiger partial charge >= 0.3 is 0 Å². The molecular formula is C27H39N7OS. The second-order valence-electron chi connectivity index (χ2n) is 8.51. The van der Waals surface area contributed by atoms with Crippen LogP contribution in [0.15, 0.2) is 22.4 Å². The summed E-state index contributed by atoms with van der Waals surface area (Å²) >= 11 is 1.19. The van der Waals surface area contributed by atoms with E-state index in [0.717, 1.165) is 69.4 Å². The van der Waals surface area contributed by atoms with E-state index in [0.29, 0.717) is 26.7 Å². The zero-order chi connectivity index (χ0) is 26.7. The molecule has 0 atom stereocenters. The van der Waals surface area contributed by atoms with Gasteiger partial charge in [-0.15, -0.1) is 21.6 Å². The van der Waals surface area contributed by atoms with Gasteiger partial charge in [-0.1, -0.05) is 27.7 Å². The Hall–Kier alpha value is -2.98. The first-order chi connectivity index (χ1) is 17.4. The van der Waals surface area contributed by atoms with Crippen LogP contribution in [-0.2, 0) is 0 Å². The normalized spacial score (nSPS) is 11.3. The molecule has 36 heavy (non-hydrogen) atoms. The van der Waals surface area contributed by atoms with Gasteiger partial charge in [0.2, 0.25) is 0 Å². The summed E-state index contributed by atoms with van der Waals surface area (Å²) in [6.45, 7) is 20.4. The molecule has 1 heterocycles. The van der Waals surface area contributed by atoms with Crippen molar-refractivity contribution >= 4 is 27.7 Å². The highest BCUT2D eigenvalue weighted by Crippen LogP contribution is 2.38. The van der Waals surface area contributed by atoms with E-state index in [9.17, 15) is 10.5 Å². The van der Waals surface area contributed by atoms with Crippen molar-refractivity contribution in [2.75, 3.05) is 64.4 Å². The number of hydrogen-bond acceptors (Lipinski definition) is 9. The van der Waals surface area contributed by atoms with Gasteiger partial charge in [-0.2, -0.15) is 10.5 Å². The number of rotatable bonds is 14. The zero-order valence-electron chi connectivity index (χ0n) is 22.8. The van der Waals surface area contributed by atoms with E-state index in [4.69, 9.17) is 4.74 Å². The fraction of sp³-hybridized carbons (Fsp3) is 0.556. The molecule has 0 saturated heterocycles. The lowest BCUT2D eigenvalue weighted by atomic mass is 10.1. The lowest BCUT2D eigenvalue weighted by Gasteiger charge is -2.31. The van der Waals surface area contributed by atoms with E-state index in [1.165, 1.54) is 11.3 Å². The van der Waals surface area contributed by atoms with Gasteiger partial charge in [-0.25, -0.2) is 0 Å². The minimum atomic E-state index is 0.403. The molecule has 8 nitrogen and oxygen atoms in total. The van der Waals surface area contributed by atoms with Gasteiger partial charge < -0.3 is 19.4 Å². The topological polar surface area (TPSA) is 91.2 Å².